The largest absolute Gasteiger partial charge is 0.478 e. The number of hydrogen-bond acceptors (Lipinski definition) is 5. The van der Waals surface area contributed by atoms with Crippen LogP contribution in [0.25, 0.3) is 21.5 Å². The standard InChI is InChI=1S/C21H13ClFNO4S/c1-10-6-12(14(23)8-13(10)22)19-18(21(26)27)11(9-29-19)7-16(25)20-24-15-4-2-3-5-17(15)28-20/h2-6,8-9H,7H2,1H3,(H,26,27). The molecular weight excluding hydrogens is 417 g/mol. The number of Topliss-reactive ketones (excluding diaryl/α,β-unsaturated/α-hetero) is 1. The van der Waals surface area contributed by atoms with Crippen LogP contribution in [0.1, 0.15) is 32.2 Å². The predicted molar refractivity (Wildman–Crippen MR) is 108 cm³/mol. The maximum absolute atomic E-state index is 14.5. The summed E-state index contributed by atoms with van der Waals surface area (Å²) >= 11 is 7.00. The van der Waals surface area contributed by atoms with E-state index in [9.17, 15) is 19.1 Å². The van der Waals surface area contributed by atoms with Gasteiger partial charge in [-0.2, -0.15) is 0 Å². The van der Waals surface area contributed by atoms with Crippen LogP contribution in [0.3, 0.4) is 0 Å². The van der Waals surface area contributed by atoms with Crippen molar-refractivity contribution in [3.8, 4) is 10.4 Å². The number of hydrogen-bond donors (Lipinski definition) is 1. The number of para-hydroxylation sites is 2. The molecule has 0 aliphatic rings. The van der Waals surface area contributed by atoms with Gasteiger partial charge in [-0.05, 0) is 47.7 Å². The molecule has 4 aromatic rings. The summed E-state index contributed by atoms with van der Waals surface area (Å²) in [5.74, 6) is -2.42. The van der Waals surface area contributed by atoms with Crippen molar-refractivity contribution >= 4 is 45.8 Å². The summed E-state index contributed by atoms with van der Waals surface area (Å²) in [7, 11) is 0. The number of carboxylic acids is 1. The smallest absolute Gasteiger partial charge is 0.337 e. The Hall–Kier alpha value is -3.03. The summed E-state index contributed by atoms with van der Waals surface area (Å²) in [6.07, 6.45) is -0.223. The fraction of sp³-hybridized carbons (Fsp3) is 0.0952. The average molecular weight is 430 g/mol. The SMILES string of the molecule is Cc1cc(-c2scc(CC(=O)c3nc4ccccc4o3)c2C(=O)O)c(F)cc1Cl. The van der Waals surface area contributed by atoms with Gasteiger partial charge in [0.15, 0.2) is 5.58 Å². The van der Waals surface area contributed by atoms with E-state index >= 15 is 0 Å². The topological polar surface area (TPSA) is 80.4 Å². The first kappa shape index (κ1) is 19.3. The Balaban J connectivity index is 1.73. The van der Waals surface area contributed by atoms with Crippen molar-refractivity contribution in [2.45, 2.75) is 13.3 Å². The molecule has 1 N–H and O–H groups in total. The summed E-state index contributed by atoms with van der Waals surface area (Å²) < 4.78 is 19.9. The number of fused-ring (bicyclic) bond motifs is 1. The number of carbonyl (C=O) groups is 2. The number of oxazole rings is 1. The molecule has 29 heavy (non-hydrogen) atoms. The number of aryl methyl sites for hydroxylation is 1. The molecule has 4 rings (SSSR count). The Bertz CT molecular complexity index is 1240. The highest BCUT2D eigenvalue weighted by Crippen LogP contribution is 2.37. The Labute approximate surface area is 173 Å². The molecule has 5 nitrogen and oxygen atoms in total. The number of nitrogens with zero attached hydrogens (tertiary/aromatic N) is 1. The van der Waals surface area contributed by atoms with Gasteiger partial charge >= 0.3 is 5.97 Å². The molecule has 0 saturated carbocycles. The van der Waals surface area contributed by atoms with E-state index in [0.29, 0.717) is 16.7 Å². The van der Waals surface area contributed by atoms with E-state index in [0.717, 1.165) is 17.4 Å². The monoisotopic (exact) mass is 429 g/mol. The minimum absolute atomic E-state index is 0.0937. The molecule has 146 valence electrons. The van der Waals surface area contributed by atoms with E-state index in [1.165, 1.54) is 6.07 Å². The van der Waals surface area contributed by atoms with Crippen molar-refractivity contribution in [3.63, 3.8) is 0 Å². The van der Waals surface area contributed by atoms with Crippen LogP contribution >= 0.6 is 22.9 Å². The van der Waals surface area contributed by atoms with Crippen molar-refractivity contribution in [2.75, 3.05) is 0 Å². The molecule has 0 radical (unpaired) electrons. The Morgan fingerprint density at radius 3 is 2.76 bits per heavy atom. The number of thiophene rings is 1. The van der Waals surface area contributed by atoms with Crippen molar-refractivity contribution in [2.24, 2.45) is 0 Å². The summed E-state index contributed by atoms with van der Waals surface area (Å²) in [4.78, 5) is 28.9. The van der Waals surface area contributed by atoms with Crippen LogP contribution in [0.15, 0.2) is 46.2 Å². The van der Waals surface area contributed by atoms with Crippen molar-refractivity contribution in [1.29, 1.82) is 0 Å². The molecule has 0 amide bonds. The van der Waals surface area contributed by atoms with E-state index in [1.54, 1.807) is 36.6 Å². The quantitative estimate of drug-likeness (QED) is 0.406. The van der Waals surface area contributed by atoms with Gasteiger partial charge in [-0.15, -0.1) is 11.3 Å². The van der Waals surface area contributed by atoms with E-state index in [4.69, 9.17) is 16.0 Å². The molecular formula is C21H13ClFNO4S. The third kappa shape index (κ3) is 3.54. The lowest BCUT2D eigenvalue weighted by atomic mass is 10.0. The Morgan fingerprint density at radius 2 is 2.03 bits per heavy atom. The minimum atomic E-state index is -1.24. The van der Waals surface area contributed by atoms with E-state index in [2.05, 4.69) is 4.98 Å². The second-order valence-corrected chi connectivity index (χ2v) is 7.73. The van der Waals surface area contributed by atoms with Crippen LogP contribution in [0.4, 0.5) is 4.39 Å². The number of rotatable bonds is 5. The lowest BCUT2D eigenvalue weighted by Gasteiger charge is -2.07. The average Bonchev–Trinajstić information content (AvgIpc) is 3.28. The zero-order chi connectivity index (χ0) is 20.7. The highest BCUT2D eigenvalue weighted by molar-refractivity contribution is 7.14. The number of aromatic carboxylic acids is 1. The molecule has 8 heteroatoms. The maximum atomic E-state index is 14.5. The summed E-state index contributed by atoms with van der Waals surface area (Å²) in [5.41, 5.74) is 1.93. The van der Waals surface area contributed by atoms with Crippen LogP contribution in [0, 0.1) is 12.7 Å². The molecule has 0 fully saturated rings. The fourth-order valence-corrected chi connectivity index (χ4v) is 4.26. The number of benzene rings is 2. The van der Waals surface area contributed by atoms with E-state index in [-0.39, 0.29) is 38.9 Å². The van der Waals surface area contributed by atoms with Crippen molar-refractivity contribution < 1.29 is 23.5 Å². The second-order valence-electron chi connectivity index (χ2n) is 6.44. The van der Waals surface area contributed by atoms with Gasteiger partial charge in [0.25, 0.3) is 5.89 Å². The lowest BCUT2D eigenvalue weighted by Crippen LogP contribution is -2.08. The number of ketones is 1. The maximum Gasteiger partial charge on any atom is 0.337 e. The van der Waals surface area contributed by atoms with Gasteiger partial charge in [-0.1, -0.05) is 23.7 Å². The second kappa shape index (κ2) is 7.42. The van der Waals surface area contributed by atoms with E-state index < -0.39 is 17.6 Å². The van der Waals surface area contributed by atoms with Crippen molar-refractivity contribution in [3.05, 3.63) is 75.2 Å². The first-order chi connectivity index (χ1) is 13.8. The number of carboxylic acid groups (broad SMARTS) is 1. The molecule has 2 aromatic heterocycles. The molecule has 2 heterocycles. The first-order valence-corrected chi connectivity index (χ1v) is 9.79. The molecule has 0 bridgehead atoms. The van der Waals surface area contributed by atoms with Crippen LogP contribution in [0.5, 0.6) is 0 Å². The third-order valence-corrected chi connectivity index (χ3v) is 5.93. The first-order valence-electron chi connectivity index (χ1n) is 8.53. The summed E-state index contributed by atoms with van der Waals surface area (Å²) in [5, 5.41) is 11.5. The normalized spacial score (nSPS) is 11.1. The lowest BCUT2D eigenvalue weighted by molar-refractivity contribution is 0.0697. The molecule has 0 unspecified atom stereocenters. The highest BCUT2D eigenvalue weighted by atomic mass is 35.5. The van der Waals surface area contributed by atoms with Gasteiger partial charge in [-0.25, -0.2) is 14.2 Å². The molecule has 0 saturated heterocycles. The van der Waals surface area contributed by atoms with Crippen LogP contribution in [-0.4, -0.2) is 21.8 Å². The summed E-state index contributed by atoms with van der Waals surface area (Å²) in [6.45, 7) is 1.71. The van der Waals surface area contributed by atoms with Gasteiger partial charge in [0.2, 0.25) is 5.78 Å². The number of carbonyl (C=O) groups excluding carboxylic acids is 1. The minimum Gasteiger partial charge on any atom is -0.478 e. The van der Waals surface area contributed by atoms with Gasteiger partial charge < -0.3 is 9.52 Å². The molecule has 0 aliphatic heterocycles. The fourth-order valence-electron chi connectivity index (χ4n) is 3.03. The highest BCUT2D eigenvalue weighted by Gasteiger charge is 2.25. The third-order valence-electron chi connectivity index (χ3n) is 4.46. The molecule has 0 atom stereocenters. The molecule has 0 spiro atoms. The van der Waals surface area contributed by atoms with Gasteiger partial charge in [-0.3, -0.25) is 4.79 Å². The zero-order valence-electron chi connectivity index (χ0n) is 15.0. The molecule has 2 aromatic carbocycles. The zero-order valence-corrected chi connectivity index (χ0v) is 16.6. The van der Waals surface area contributed by atoms with Crippen LogP contribution in [-0.2, 0) is 6.42 Å². The predicted octanol–water partition coefficient (Wildman–Crippen LogP) is 5.78. The van der Waals surface area contributed by atoms with Crippen molar-refractivity contribution in [1.82, 2.24) is 4.98 Å². The van der Waals surface area contributed by atoms with Gasteiger partial charge in [0.1, 0.15) is 11.3 Å². The Morgan fingerprint density at radius 1 is 1.28 bits per heavy atom. The number of aromatic nitrogens is 1. The number of halogens is 2. The van der Waals surface area contributed by atoms with Gasteiger partial charge in [0.05, 0.1) is 10.4 Å². The molecule has 0 aliphatic carbocycles. The Kier molecular flexibility index (Phi) is 4.94. The van der Waals surface area contributed by atoms with E-state index in [1.807, 2.05) is 0 Å². The summed E-state index contributed by atoms with van der Waals surface area (Å²) in [6, 6.07) is 9.60. The van der Waals surface area contributed by atoms with Crippen LogP contribution in [0.2, 0.25) is 5.02 Å². The van der Waals surface area contributed by atoms with Crippen LogP contribution < -0.4 is 0 Å². The van der Waals surface area contributed by atoms with Gasteiger partial charge in [0, 0.05) is 17.0 Å².